The number of nitrogens with one attached hydrogen (secondary N) is 1. The molecule has 0 atom stereocenters. The molecule has 8 heteroatoms. The quantitative estimate of drug-likeness (QED) is 0.219. The standard InChI is InChI=1S/H3N5O2S/c1-3-4-5-8(2,6)7/h5H,(H2,2,6,7). The second-order valence-corrected chi connectivity index (χ2v) is 2.10. The highest BCUT2D eigenvalue weighted by Gasteiger charge is 1.97. The molecule has 0 bridgehead atoms. The fraction of sp³-hybridized carbons (Fsp3) is 0. The molecule has 46 valence electrons. The fourth-order valence-electron chi connectivity index (χ4n) is 0.0752. The van der Waals surface area contributed by atoms with Crippen LogP contribution in [0.4, 0.5) is 0 Å². The predicted molar refractivity (Wildman–Crippen MR) is 25.4 cm³/mol. The Morgan fingerprint density at radius 2 is 2.25 bits per heavy atom. The van der Waals surface area contributed by atoms with Crippen LogP contribution >= 0.6 is 0 Å². The molecule has 8 heavy (non-hydrogen) atoms. The topological polar surface area (TPSA) is 121 Å². The van der Waals surface area contributed by atoms with Crippen molar-refractivity contribution in [1.82, 2.24) is 4.83 Å². The highest BCUT2D eigenvalue weighted by molar-refractivity contribution is 7.87. The summed E-state index contributed by atoms with van der Waals surface area (Å²) in [4.78, 5) is 3.41. The summed E-state index contributed by atoms with van der Waals surface area (Å²) in [5.41, 5.74) is 7.51. The minimum atomic E-state index is -3.86. The number of hydrogen-bond acceptors (Lipinski definition) is 3. The first kappa shape index (κ1) is 7.02. The van der Waals surface area contributed by atoms with Gasteiger partial charge >= 0.3 is 10.2 Å². The van der Waals surface area contributed by atoms with Gasteiger partial charge in [0, 0.05) is 0 Å². The molecule has 0 rings (SSSR count). The number of azide groups is 1. The molecule has 0 amide bonds. The van der Waals surface area contributed by atoms with E-state index in [4.69, 9.17) is 5.53 Å². The van der Waals surface area contributed by atoms with Crippen molar-refractivity contribution in [1.29, 1.82) is 0 Å². The van der Waals surface area contributed by atoms with Crippen molar-refractivity contribution < 1.29 is 8.42 Å². The molecule has 0 spiro atoms. The van der Waals surface area contributed by atoms with Gasteiger partial charge in [0.05, 0.1) is 0 Å². The maximum atomic E-state index is 9.79. The first-order chi connectivity index (χ1) is 3.56. The van der Waals surface area contributed by atoms with Crippen LogP contribution in [-0.4, -0.2) is 8.42 Å². The molecular weight excluding hydrogens is 134 g/mol. The smallest absolute Gasteiger partial charge is 0.192 e. The first-order valence-corrected chi connectivity index (χ1v) is 2.94. The van der Waals surface area contributed by atoms with Crippen molar-refractivity contribution in [2.24, 2.45) is 10.4 Å². The summed E-state index contributed by atoms with van der Waals surface area (Å²) < 4.78 is 19.6. The fourth-order valence-corrected chi connectivity index (χ4v) is 0.225. The number of rotatable bonds is 2. The van der Waals surface area contributed by atoms with Crippen molar-refractivity contribution in [3.8, 4) is 0 Å². The maximum absolute atomic E-state index is 9.79. The number of hydrogen-bond donors (Lipinski definition) is 2. The van der Waals surface area contributed by atoms with Gasteiger partial charge in [-0.2, -0.15) is 18.5 Å². The first-order valence-electron chi connectivity index (χ1n) is 1.40. The van der Waals surface area contributed by atoms with Crippen LogP contribution in [0.25, 0.3) is 10.4 Å². The average molecular weight is 137 g/mol. The van der Waals surface area contributed by atoms with Gasteiger partial charge in [-0.1, -0.05) is 0 Å². The minimum Gasteiger partial charge on any atom is -0.192 e. The third-order valence-corrected chi connectivity index (χ3v) is 0.549. The third-order valence-electron chi connectivity index (χ3n) is 0.213. The van der Waals surface area contributed by atoms with Gasteiger partial charge in [0.25, 0.3) is 0 Å². The molecule has 0 saturated carbocycles. The summed E-state index contributed by atoms with van der Waals surface area (Å²) in [7, 11) is -3.86. The summed E-state index contributed by atoms with van der Waals surface area (Å²) in [6.07, 6.45) is 0. The van der Waals surface area contributed by atoms with Crippen LogP contribution in [0.3, 0.4) is 0 Å². The highest BCUT2D eigenvalue weighted by Crippen LogP contribution is 1.65. The van der Waals surface area contributed by atoms with E-state index in [1.807, 2.05) is 0 Å². The van der Waals surface area contributed by atoms with Gasteiger partial charge in [0.2, 0.25) is 0 Å². The van der Waals surface area contributed by atoms with Gasteiger partial charge in [-0.3, -0.25) is 0 Å². The van der Waals surface area contributed by atoms with E-state index in [-0.39, 0.29) is 0 Å². The average Bonchev–Trinajstić information content (AvgIpc) is 1.59. The van der Waals surface area contributed by atoms with E-state index in [2.05, 4.69) is 15.3 Å². The molecular formula is H3N5O2S. The number of nitrogens with two attached hydrogens (primary N) is 1. The molecule has 0 aromatic heterocycles. The molecule has 0 aliphatic rings. The third kappa shape index (κ3) is 5.02. The molecule has 3 N–H and O–H groups in total. The molecule has 0 unspecified atom stereocenters. The lowest BCUT2D eigenvalue weighted by Crippen LogP contribution is -2.25. The van der Waals surface area contributed by atoms with Gasteiger partial charge < -0.3 is 0 Å². The Balaban J connectivity index is 3.94. The van der Waals surface area contributed by atoms with Gasteiger partial charge in [-0.25, -0.2) is 0 Å². The Morgan fingerprint density at radius 1 is 1.75 bits per heavy atom. The molecule has 7 nitrogen and oxygen atoms in total. The lowest BCUT2D eigenvalue weighted by Gasteiger charge is -1.83. The van der Waals surface area contributed by atoms with E-state index in [0.29, 0.717) is 0 Å². The molecule has 0 radical (unpaired) electrons. The van der Waals surface area contributed by atoms with Crippen LogP contribution < -0.4 is 9.97 Å². The predicted octanol–water partition coefficient (Wildman–Crippen LogP) is -0.995. The van der Waals surface area contributed by atoms with Crippen molar-refractivity contribution in [3.05, 3.63) is 10.4 Å². The van der Waals surface area contributed by atoms with E-state index in [0.717, 1.165) is 0 Å². The Labute approximate surface area is 45.3 Å². The zero-order valence-electron chi connectivity index (χ0n) is 3.64. The monoisotopic (exact) mass is 137 g/mol. The van der Waals surface area contributed by atoms with E-state index >= 15 is 0 Å². The van der Waals surface area contributed by atoms with E-state index in [1.54, 1.807) is 0 Å². The van der Waals surface area contributed by atoms with E-state index in [1.165, 1.54) is 4.83 Å². The molecule has 0 heterocycles. The summed E-state index contributed by atoms with van der Waals surface area (Å²) in [5, 5.41) is 6.78. The summed E-state index contributed by atoms with van der Waals surface area (Å²) in [6.45, 7) is 0. The van der Waals surface area contributed by atoms with Gasteiger partial charge in [0.15, 0.2) is 0 Å². The lowest BCUT2D eigenvalue weighted by molar-refractivity contribution is 0.585. The van der Waals surface area contributed by atoms with Gasteiger partial charge in [-0.15, -0.1) is 10.4 Å². The molecule has 0 aliphatic carbocycles. The lowest BCUT2D eigenvalue weighted by atomic mass is 12.7. The molecule has 0 aliphatic heterocycles. The Morgan fingerprint density at radius 3 is 2.38 bits per heavy atom. The molecule has 0 saturated heterocycles. The molecule has 0 aromatic carbocycles. The number of nitrogens with zero attached hydrogens (tertiary/aromatic N) is 3. The summed E-state index contributed by atoms with van der Waals surface area (Å²) >= 11 is 0. The zero-order valence-corrected chi connectivity index (χ0v) is 4.46. The van der Waals surface area contributed by atoms with Crippen LogP contribution in [0.2, 0.25) is 0 Å². The largest absolute Gasteiger partial charge is 0.371 e. The zero-order chi connectivity index (χ0) is 6.62. The Kier molecular flexibility index (Phi) is 2.07. The summed E-state index contributed by atoms with van der Waals surface area (Å²) in [5.74, 6) is 0. The van der Waals surface area contributed by atoms with Crippen LogP contribution in [0, 0.1) is 0 Å². The van der Waals surface area contributed by atoms with E-state index in [9.17, 15) is 8.42 Å². The van der Waals surface area contributed by atoms with Crippen LogP contribution in [0.1, 0.15) is 0 Å². The summed E-state index contributed by atoms with van der Waals surface area (Å²) in [6, 6.07) is 0. The minimum absolute atomic E-state index is 1.33. The van der Waals surface area contributed by atoms with Gasteiger partial charge in [-0.05, 0) is 5.22 Å². The SMILES string of the molecule is [N-]=[N+]=NNS(N)(=O)=O. The van der Waals surface area contributed by atoms with Crippen molar-refractivity contribution in [2.75, 3.05) is 0 Å². The highest BCUT2D eigenvalue weighted by atomic mass is 32.2. The van der Waals surface area contributed by atoms with E-state index < -0.39 is 10.2 Å². The van der Waals surface area contributed by atoms with Crippen molar-refractivity contribution >= 4 is 10.2 Å². The Bertz CT molecular complexity index is 194. The van der Waals surface area contributed by atoms with Crippen molar-refractivity contribution in [2.45, 2.75) is 0 Å². The second-order valence-electron chi connectivity index (χ2n) is 0.826. The van der Waals surface area contributed by atoms with Crippen LogP contribution in [0.5, 0.6) is 0 Å². The van der Waals surface area contributed by atoms with Crippen LogP contribution in [0.15, 0.2) is 5.22 Å². The Hall–Kier alpha value is -0.980. The second kappa shape index (κ2) is 2.36. The molecule has 0 aromatic rings. The maximum Gasteiger partial charge on any atom is 0.371 e. The van der Waals surface area contributed by atoms with Crippen LogP contribution in [-0.2, 0) is 10.2 Å². The normalized spacial score (nSPS) is 9.62. The van der Waals surface area contributed by atoms with Crippen molar-refractivity contribution in [3.63, 3.8) is 0 Å². The molecule has 0 fully saturated rings. The van der Waals surface area contributed by atoms with Gasteiger partial charge in [0.1, 0.15) is 0 Å².